The smallest absolute Gasteiger partial charge is 0.178 e. The van der Waals surface area contributed by atoms with E-state index in [1.54, 1.807) is 0 Å². The lowest BCUT2D eigenvalue weighted by Crippen LogP contribution is -2.04. The van der Waals surface area contributed by atoms with Crippen LogP contribution in [0.25, 0.3) is 11.1 Å². The maximum absolute atomic E-state index is 14.5. The molecule has 1 aliphatic rings. The molecule has 24 heavy (non-hydrogen) atoms. The lowest BCUT2D eigenvalue weighted by Gasteiger charge is -2.11. The number of hydrogen-bond acceptors (Lipinski definition) is 2. The molecule has 0 saturated heterocycles. The molecule has 2 aromatic carbocycles. The Morgan fingerprint density at radius 2 is 1.83 bits per heavy atom. The highest BCUT2D eigenvalue weighted by molar-refractivity contribution is 9.10. The summed E-state index contributed by atoms with van der Waals surface area (Å²) in [5, 5.41) is 0. The molecule has 2 aromatic rings. The third kappa shape index (κ3) is 3.21. The number of hydrogen-bond donors (Lipinski definition) is 0. The second-order valence-corrected chi connectivity index (χ2v) is 8.44. The summed E-state index contributed by atoms with van der Waals surface area (Å²) in [6.07, 6.45) is 5.04. The van der Waals surface area contributed by atoms with Crippen molar-refractivity contribution in [1.29, 1.82) is 0 Å². The highest BCUT2D eigenvalue weighted by Gasteiger charge is 2.22. The van der Waals surface area contributed by atoms with Gasteiger partial charge in [-0.3, -0.25) is 0 Å². The average Bonchev–Trinajstić information content (AvgIpc) is 2.97. The second kappa shape index (κ2) is 6.26. The first kappa shape index (κ1) is 17.0. The van der Waals surface area contributed by atoms with E-state index in [4.69, 9.17) is 0 Å². The van der Waals surface area contributed by atoms with Crippen molar-refractivity contribution in [3.05, 3.63) is 75.8 Å². The van der Waals surface area contributed by atoms with Gasteiger partial charge in [0.25, 0.3) is 0 Å². The van der Waals surface area contributed by atoms with Gasteiger partial charge in [-0.1, -0.05) is 40.2 Å². The van der Waals surface area contributed by atoms with Crippen molar-refractivity contribution in [2.45, 2.75) is 11.3 Å². The molecule has 3 rings (SSSR count). The molecule has 0 unspecified atom stereocenters. The van der Waals surface area contributed by atoms with E-state index in [0.717, 1.165) is 34.0 Å². The van der Waals surface area contributed by atoms with Crippen LogP contribution in [-0.4, -0.2) is 14.7 Å². The zero-order valence-electron chi connectivity index (χ0n) is 12.7. The molecule has 0 fully saturated rings. The van der Waals surface area contributed by atoms with Crippen LogP contribution >= 0.6 is 15.9 Å². The van der Waals surface area contributed by atoms with Crippen LogP contribution in [0.15, 0.2) is 57.9 Å². The largest absolute Gasteiger partial charge is 0.224 e. The fourth-order valence-corrected chi connectivity index (χ4v) is 3.86. The minimum Gasteiger partial charge on any atom is -0.224 e. The molecule has 0 amide bonds. The Labute approximate surface area is 147 Å². The number of rotatable bonds is 3. The topological polar surface area (TPSA) is 34.1 Å². The summed E-state index contributed by atoms with van der Waals surface area (Å²) >= 11 is 3.40. The molecule has 0 saturated carbocycles. The second-order valence-electron chi connectivity index (χ2n) is 5.54. The van der Waals surface area contributed by atoms with Crippen molar-refractivity contribution < 1.29 is 17.2 Å². The van der Waals surface area contributed by atoms with Gasteiger partial charge < -0.3 is 0 Å². The fraction of sp³-hybridized carbons (Fsp3) is 0.111. The Bertz CT molecular complexity index is 992. The fourth-order valence-electron chi connectivity index (χ4n) is 2.73. The molecule has 0 aromatic heterocycles. The maximum atomic E-state index is 14.5. The van der Waals surface area contributed by atoms with E-state index in [9.17, 15) is 17.2 Å². The Hall–Kier alpha value is -1.79. The van der Waals surface area contributed by atoms with Crippen molar-refractivity contribution in [2.24, 2.45) is 0 Å². The van der Waals surface area contributed by atoms with E-state index in [1.165, 1.54) is 0 Å². The number of sulfone groups is 1. The van der Waals surface area contributed by atoms with Crippen LogP contribution in [0.4, 0.5) is 8.78 Å². The summed E-state index contributed by atoms with van der Waals surface area (Å²) in [5.74, 6) is -1.69. The molecule has 0 spiro atoms. The average molecular weight is 411 g/mol. The highest BCUT2D eigenvalue weighted by Crippen LogP contribution is 2.37. The molecule has 0 aliphatic heterocycles. The number of allylic oxidation sites excluding steroid dienone is 4. The Kier molecular flexibility index (Phi) is 4.44. The van der Waals surface area contributed by atoms with Gasteiger partial charge in [0, 0.05) is 16.3 Å². The van der Waals surface area contributed by atoms with E-state index in [2.05, 4.69) is 15.9 Å². The van der Waals surface area contributed by atoms with Gasteiger partial charge in [0.05, 0.1) is 0 Å². The van der Waals surface area contributed by atoms with Crippen molar-refractivity contribution in [3.8, 4) is 0 Å². The van der Waals surface area contributed by atoms with Gasteiger partial charge in [0.1, 0.15) is 16.5 Å². The predicted octanol–water partition coefficient (Wildman–Crippen LogP) is 5.00. The molecule has 2 nitrogen and oxygen atoms in total. The Morgan fingerprint density at radius 3 is 2.50 bits per heavy atom. The maximum Gasteiger partial charge on any atom is 0.178 e. The zero-order valence-corrected chi connectivity index (χ0v) is 15.1. The molecule has 0 heterocycles. The van der Waals surface area contributed by atoms with Crippen molar-refractivity contribution in [3.63, 3.8) is 0 Å². The van der Waals surface area contributed by atoms with Gasteiger partial charge in [0.2, 0.25) is 0 Å². The van der Waals surface area contributed by atoms with Crippen LogP contribution in [0.2, 0.25) is 0 Å². The zero-order chi connectivity index (χ0) is 17.5. The van der Waals surface area contributed by atoms with Crippen LogP contribution in [0, 0.1) is 11.6 Å². The van der Waals surface area contributed by atoms with Crippen LogP contribution in [0.1, 0.15) is 17.5 Å². The standard InChI is InChI=1S/C18H13BrF2O2S/c1-24(22,23)18-10-16(20)15(9-17(18)21)14-7-3-6-13(14)11-4-2-5-12(19)8-11/h2-6,8-10H,7H2,1H3. The summed E-state index contributed by atoms with van der Waals surface area (Å²) in [5.41, 5.74) is 2.38. The molecular formula is C18H13BrF2O2S. The molecule has 124 valence electrons. The summed E-state index contributed by atoms with van der Waals surface area (Å²) < 4.78 is 52.6. The summed E-state index contributed by atoms with van der Waals surface area (Å²) in [6, 6.07) is 9.23. The van der Waals surface area contributed by atoms with E-state index < -0.39 is 26.4 Å². The van der Waals surface area contributed by atoms with Gasteiger partial charge in [-0.25, -0.2) is 17.2 Å². The van der Waals surface area contributed by atoms with Crippen LogP contribution in [0.3, 0.4) is 0 Å². The molecule has 0 bridgehead atoms. The first-order valence-electron chi connectivity index (χ1n) is 7.12. The van der Waals surface area contributed by atoms with E-state index in [1.807, 2.05) is 36.4 Å². The Morgan fingerprint density at radius 1 is 1.08 bits per heavy atom. The molecule has 0 N–H and O–H groups in total. The molecule has 0 radical (unpaired) electrons. The molecular weight excluding hydrogens is 398 g/mol. The molecule has 0 atom stereocenters. The van der Waals surface area contributed by atoms with Crippen molar-refractivity contribution >= 4 is 36.9 Å². The van der Waals surface area contributed by atoms with Crippen LogP contribution in [-0.2, 0) is 9.84 Å². The van der Waals surface area contributed by atoms with E-state index >= 15 is 0 Å². The van der Waals surface area contributed by atoms with Gasteiger partial charge in [-0.05, 0) is 47.4 Å². The minimum absolute atomic E-state index is 0.0832. The SMILES string of the molecule is CS(=O)(=O)c1cc(F)c(C2=C(c3cccc(Br)c3)C=CC2)cc1F. The van der Waals surface area contributed by atoms with Crippen LogP contribution < -0.4 is 0 Å². The predicted molar refractivity (Wildman–Crippen MR) is 94.2 cm³/mol. The normalized spacial score (nSPS) is 14.5. The summed E-state index contributed by atoms with van der Waals surface area (Å²) in [7, 11) is -3.82. The monoisotopic (exact) mass is 410 g/mol. The first-order chi connectivity index (χ1) is 11.3. The minimum atomic E-state index is -3.82. The molecule has 1 aliphatic carbocycles. The first-order valence-corrected chi connectivity index (χ1v) is 9.81. The summed E-state index contributed by atoms with van der Waals surface area (Å²) in [4.78, 5) is -0.626. The highest BCUT2D eigenvalue weighted by atomic mass is 79.9. The Balaban J connectivity index is 2.18. The lowest BCUT2D eigenvalue weighted by atomic mass is 9.96. The van der Waals surface area contributed by atoms with Gasteiger partial charge >= 0.3 is 0 Å². The molecule has 6 heteroatoms. The van der Waals surface area contributed by atoms with E-state index in [0.29, 0.717) is 12.0 Å². The van der Waals surface area contributed by atoms with Gasteiger partial charge in [0.15, 0.2) is 9.84 Å². The number of halogens is 3. The van der Waals surface area contributed by atoms with Gasteiger partial charge in [-0.15, -0.1) is 0 Å². The third-order valence-corrected chi connectivity index (χ3v) is 5.42. The number of benzene rings is 2. The third-order valence-electron chi connectivity index (χ3n) is 3.81. The van der Waals surface area contributed by atoms with E-state index in [-0.39, 0.29) is 5.56 Å². The van der Waals surface area contributed by atoms with Gasteiger partial charge in [-0.2, -0.15) is 0 Å². The van der Waals surface area contributed by atoms with Crippen LogP contribution in [0.5, 0.6) is 0 Å². The van der Waals surface area contributed by atoms with Crippen molar-refractivity contribution in [1.82, 2.24) is 0 Å². The quantitative estimate of drug-likeness (QED) is 0.713. The lowest BCUT2D eigenvalue weighted by molar-refractivity contribution is 0.554. The van der Waals surface area contributed by atoms with Crippen molar-refractivity contribution in [2.75, 3.05) is 6.26 Å². The summed E-state index contributed by atoms with van der Waals surface area (Å²) in [6.45, 7) is 0.